The van der Waals surface area contributed by atoms with Crippen LogP contribution in [0, 0.1) is 5.92 Å². The maximum Gasteiger partial charge on any atom is 0.330 e. The minimum absolute atomic E-state index is 0.101. The van der Waals surface area contributed by atoms with Crippen LogP contribution < -0.4 is 5.69 Å². The summed E-state index contributed by atoms with van der Waals surface area (Å²) in [5.74, 6) is 0.913. The van der Waals surface area contributed by atoms with E-state index in [1.165, 1.54) is 19.4 Å². The molecule has 112 valence electrons. The van der Waals surface area contributed by atoms with E-state index in [4.69, 9.17) is 0 Å². The summed E-state index contributed by atoms with van der Waals surface area (Å²) in [7, 11) is 0. The van der Waals surface area contributed by atoms with Gasteiger partial charge in [-0.1, -0.05) is 0 Å². The second kappa shape index (κ2) is 4.98. The number of fused-ring (bicyclic) bond motifs is 1. The van der Waals surface area contributed by atoms with Crippen LogP contribution in [-0.2, 0) is 6.54 Å². The van der Waals surface area contributed by atoms with Gasteiger partial charge in [0.2, 0.25) is 0 Å². The first-order valence-electron chi connectivity index (χ1n) is 8.06. The van der Waals surface area contributed by atoms with E-state index in [2.05, 4.69) is 9.88 Å². The highest BCUT2D eigenvalue weighted by molar-refractivity contribution is 5.71. The fourth-order valence-electron chi connectivity index (χ4n) is 3.60. The topological polar surface area (TPSA) is 43.1 Å². The summed E-state index contributed by atoms with van der Waals surface area (Å²) in [5, 5.41) is 0. The standard InChI is InChI=1S/C16H22N4O/c1-2-19-14-4-3-8-17-15(14)20(16(19)21)13-7-9-18(11-13)10-12-5-6-12/h3-4,8,12-13H,2,5-7,9-11H2,1H3/t13-/m1/s1. The van der Waals surface area contributed by atoms with Crippen molar-refractivity contribution in [1.82, 2.24) is 19.0 Å². The Kier molecular flexibility index (Phi) is 3.10. The van der Waals surface area contributed by atoms with Crippen LogP contribution in [0.25, 0.3) is 11.2 Å². The third-order valence-corrected chi connectivity index (χ3v) is 4.86. The normalized spacial score (nSPS) is 23.2. The number of hydrogen-bond acceptors (Lipinski definition) is 3. The maximum absolute atomic E-state index is 12.7. The molecule has 0 unspecified atom stereocenters. The predicted molar refractivity (Wildman–Crippen MR) is 82.5 cm³/mol. The van der Waals surface area contributed by atoms with Crippen molar-refractivity contribution in [1.29, 1.82) is 0 Å². The van der Waals surface area contributed by atoms with E-state index in [1.807, 2.05) is 28.2 Å². The number of likely N-dealkylation sites (tertiary alicyclic amines) is 1. The molecule has 2 aromatic rings. The molecule has 1 aliphatic carbocycles. The van der Waals surface area contributed by atoms with Gasteiger partial charge in [0.25, 0.3) is 0 Å². The number of aryl methyl sites for hydroxylation is 1. The maximum atomic E-state index is 12.7. The van der Waals surface area contributed by atoms with E-state index in [-0.39, 0.29) is 11.7 Å². The first-order chi connectivity index (χ1) is 10.3. The molecule has 2 aliphatic rings. The summed E-state index contributed by atoms with van der Waals surface area (Å²) < 4.78 is 3.78. The summed E-state index contributed by atoms with van der Waals surface area (Å²) in [6.07, 6.45) is 5.62. The van der Waals surface area contributed by atoms with Gasteiger partial charge in [-0.3, -0.25) is 9.13 Å². The van der Waals surface area contributed by atoms with E-state index >= 15 is 0 Å². The Morgan fingerprint density at radius 2 is 2.19 bits per heavy atom. The fraction of sp³-hybridized carbons (Fsp3) is 0.625. The molecular formula is C16H22N4O. The lowest BCUT2D eigenvalue weighted by atomic mass is 10.2. The molecule has 2 aromatic heterocycles. The number of pyridine rings is 1. The second-order valence-corrected chi connectivity index (χ2v) is 6.39. The lowest BCUT2D eigenvalue weighted by Crippen LogP contribution is -2.30. The van der Waals surface area contributed by atoms with Gasteiger partial charge in [0.1, 0.15) is 0 Å². The Morgan fingerprint density at radius 1 is 1.33 bits per heavy atom. The van der Waals surface area contributed by atoms with Gasteiger partial charge in [-0.25, -0.2) is 9.78 Å². The molecule has 5 heteroatoms. The van der Waals surface area contributed by atoms with Gasteiger partial charge in [0.15, 0.2) is 5.65 Å². The Hall–Kier alpha value is -1.62. The second-order valence-electron chi connectivity index (χ2n) is 6.39. The largest absolute Gasteiger partial charge is 0.330 e. The van der Waals surface area contributed by atoms with Gasteiger partial charge >= 0.3 is 5.69 Å². The van der Waals surface area contributed by atoms with Crippen molar-refractivity contribution in [2.75, 3.05) is 19.6 Å². The van der Waals surface area contributed by atoms with E-state index in [0.717, 1.165) is 36.6 Å². The molecule has 1 saturated heterocycles. The van der Waals surface area contributed by atoms with Crippen LogP contribution in [0.1, 0.15) is 32.2 Å². The summed E-state index contributed by atoms with van der Waals surface area (Å²) >= 11 is 0. The van der Waals surface area contributed by atoms with Crippen molar-refractivity contribution in [3.63, 3.8) is 0 Å². The fourth-order valence-corrected chi connectivity index (χ4v) is 3.60. The number of hydrogen-bond donors (Lipinski definition) is 0. The molecule has 1 saturated carbocycles. The van der Waals surface area contributed by atoms with Gasteiger partial charge in [0, 0.05) is 32.4 Å². The molecule has 0 N–H and O–H groups in total. The van der Waals surface area contributed by atoms with Crippen molar-refractivity contribution in [2.45, 2.75) is 38.8 Å². The summed E-state index contributed by atoms with van der Waals surface area (Å²) in [6, 6.07) is 4.19. The average molecular weight is 286 g/mol. The van der Waals surface area contributed by atoms with Crippen LogP contribution in [0.2, 0.25) is 0 Å². The van der Waals surface area contributed by atoms with Crippen molar-refractivity contribution >= 4 is 11.2 Å². The molecule has 4 rings (SSSR count). The minimum atomic E-state index is 0.101. The lowest BCUT2D eigenvalue weighted by Gasteiger charge is -2.15. The lowest BCUT2D eigenvalue weighted by molar-refractivity contribution is 0.310. The predicted octanol–water partition coefficient (Wildman–Crippen LogP) is 1.87. The van der Waals surface area contributed by atoms with Gasteiger partial charge in [0.05, 0.1) is 11.6 Å². The van der Waals surface area contributed by atoms with Crippen molar-refractivity contribution in [3.05, 3.63) is 28.8 Å². The Labute approximate surface area is 124 Å². The smallest absolute Gasteiger partial charge is 0.301 e. The monoisotopic (exact) mass is 286 g/mol. The zero-order valence-corrected chi connectivity index (χ0v) is 12.5. The highest BCUT2D eigenvalue weighted by Crippen LogP contribution is 2.32. The van der Waals surface area contributed by atoms with Gasteiger partial charge in [-0.05, 0) is 44.2 Å². The minimum Gasteiger partial charge on any atom is -0.301 e. The first kappa shape index (κ1) is 13.1. The van der Waals surface area contributed by atoms with E-state index in [1.54, 1.807) is 6.20 Å². The molecule has 2 fully saturated rings. The van der Waals surface area contributed by atoms with E-state index in [9.17, 15) is 4.79 Å². The third kappa shape index (κ3) is 2.20. The molecule has 0 radical (unpaired) electrons. The zero-order chi connectivity index (χ0) is 14.4. The highest BCUT2D eigenvalue weighted by Gasteiger charge is 2.31. The first-order valence-corrected chi connectivity index (χ1v) is 8.06. The van der Waals surface area contributed by atoms with Crippen LogP contribution in [-0.4, -0.2) is 38.7 Å². The Morgan fingerprint density at radius 3 is 2.95 bits per heavy atom. The quantitative estimate of drug-likeness (QED) is 0.862. The summed E-state index contributed by atoms with van der Waals surface area (Å²) in [6.45, 7) is 6.04. The Bertz CT molecular complexity index is 713. The highest BCUT2D eigenvalue weighted by atomic mass is 16.1. The van der Waals surface area contributed by atoms with Crippen LogP contribution in [0.4, 0.5) is 0 Å². The molecular weight excluding hydrogens is 264 g/mol. The molecule has 0 aromatic carbocycles. The molecule has 21 heavy (non-hydrogen) atoms. The van der Waals surface area contributed by atoms with Crippen LogP contribution >= 0.6 is 0 Å². The molecule has 0 bridgehead atoms. The molecule has 5 nitrogen and oxygen atoms in total. The van der Waals surface area contributed by atoms with Crippen LogP contribution in [0.3, 0.4) is 0 Å². The number of rotatable bonds is 4. The molecule has 0 amide bonds. The van der Waals surface area contributed by atoms with Crippen LogP contribution in [0.5, 0.6) is 0 Å². The van der Waals surface area contributed by atoms with Crippen molar-refractivity contribution in [2.24, 2.45) is 5.92 Å². The SMILES string of the molecule is CCn1c(=O)n([C@@H]2CCN(CC3CC3)C2)c2ncccc21. The number of nitrogens with zero attached hydrogens (tertiary/aromatic N) is 4. The molecule has 1 aliphatic heterocycles. The number of imidazole rings is 1. The van der Waals surface area contributed by atoms with Crippen molar-refractivity contribution < 1.29 is 0 Å². The summed E-state index contributed by atoms with van der Waals surface area (Å²) in [5.41, 5.74) is 1.91. The van der Waals surface area contributed by atoms with E-state index < -0.39 is 0 Å². The van der Waals surface area contributed by atoms with Crippen LogP contribution in [0.15, 0.2) is 23.1 Å². The zero-order valence-electron chi connectivity index (χ0n) is 12.5. The molecule has 1 atom stereocenters. The molecule has 0 spiro atoms. The summed E-state index contributed by atoms with van der Waals surface area (Å²) in [4.78, 5) is 19.7. The Balaban J connectivity index is 1.70. The average Bonchev–Trinajstić information content (AvgIpc) is 3.10. The van der Waals surface area contributed by atoms with Crippen molar-refractivity contribution in [3.8, 4) is 0 Å². The third-order valence-electron chi connectivity index (χ3n) is 4.86. The van der Waals surface area contributed by atoms with Gasteiger partial charge < -0.3 is 4.90 Å². The number of aromatic nitrogens is 3. The molecule has 3 heterocycles. The van der Waals surface area contributed by atoms with Gasteiger partial charge in [-0.2, -0.15) is 0 Å². The van der Waals surface area contributed by atoms with Gasteiger partial charge in [-0.15, -0.1) is 0 Å². The van der Waals surface area contributed by atoms with E-state index in [0.29, 0.717) is 6.54 Å².